The number of hydrogen-bond acceptors (Lipinski definition) is 3. The van der Waals surface area contributed by atoms with E-state index in [0.717, 1.165) is 25.8 Å². The highest BCUT2D eigenvalue weighted by Gasteiger charge is 2.29. The summed E-state index contributed by atoms with van der Waals surface area (Å²) in [6, 6.07) is 7.30. The quantitative estimate of drug-likeness (QED) is 0.874. The molecule has 1 aromatic rings. The Labute approximate surface area is 147 Å². The first-order valence-electron chi connectivity index (χ1n) is 8.69. The molecule has 2 N–H and O–H groups in total. The van der Waals surface area contributed by atoms with Gasteiger partial charge >= 0.3 is 0 Å². The van der Waals surface area contributed by atoms with E-state index in [4.69, 9.17) is 11.6 Å². The van der Waals surface area contributed by atoms with Crippen LogP contribution in [0.4, 0.5) is 0 Å². The molecule has 2 aliphatic heterocycles. The summed E-state index contributed by atoms with van der Waals surface area (Å²) in [7, 11) is 0. The topological polar surface area (TPSA) is 61.4 Å². The highest BCUT2D eigenvalue weighted by atomic mass is 35.5. The van der Waals surface area contributed by atoms with E-state index >= 15 is 0 Å². The zero-order valence-corrected chi connectivity index (χ0v) is 14.5. The molecular weight excluding hydrogens is 326 g/mol. The number of carbonyl (C=O) groups excluding carboxylic acids is 2. The predicted octanol–water partition coefficient (Wildman–Crippen LogP) is 2.06. The molecule has 2 amide bonds. The molecule has 2 atom stereocenters. The fourth-order valence-corrected chi connectivity index (χ4v) is 3.58. The van der Waals surface area contributed by atoms with Crippen LogP contribution in [0.3, 0.4) is 0 Å². The second-order valence-electron chi connectivity index (χ2n) is 6.64. The molecule has 3 rings (SSSR count). The van der Waals surface area contributed by atoms with E-state index in [2.05, 4.69) is 10.6 Å². The molecular formula is C18H24ClN3O2. The second-order valence-corrected chi connectivity index (χ2v) is 7.07. The lowest BCUT2D eigenvalue weighted by Gasteiger charge is -2.32. The molecule has 2 saturated heterocycles. The van der Waals surface area contributed by atoms with Gasteiger partial charge in [0, 0.05) is 36.3 Å². The van der Waals surface area contributed by atoms with Crippen LogP contribution < -0.4 is 10.6 Å². The van der Waals surface area contributed by atoms with Crippen molar-refractivity contribution in [2.24, 2.45) is 5.92 Å². The summed E-state index contributed by atoms with van der Waals surface area (Å²) in [5, 5.41) is 7.04. The van der Waals surface area contributed by atoms with Crippen LogP contribution >= 0.6 is 11.6 Å². The number of nitrogens with one attached hydrogen (secondary N) is 2. The molecule has 0 spiro atoms. The fraction of sp³-hybridized carbons (Fsp3) is 0.556. The smallest absolute Gasteiger partial charge is 0.253 e. The van der Waals surface area contributed by atoms with Crippen molar-refractivity contribution >= 4 is 23.4 Å². The van der Waals surface area contributed by atoms with Gasteiger partial charge in [0.15, 0.2) is 0 Å². The Bertz CT molecular complexity index is 584. The largest absolute Gasteiger partial charge is 0.354 e. The van der Waals surface area contributed by atoms with E-state index < -0.39 is 0 Å². The van der Waals surface area contributed by atoms with Crippen molar-refractivity contribution in [2.45, 2.75) is 31.7 Å². The van der Waals surface area contributed by atoms with Crippen LogP contribution in [-0.2, 0) is 4.79 Å². The Morgan fingerprint density at radius 3 is 2.71 bits per heavy atom. The fourth-order valence-electron chi connectivity index (χ4n) is 3.45. The summed E-state index contributed by atoms with van der Waals surface area (Å²) < 4.78 is 0. The van der Waals surface area contributed by atoms with Crippen LogP contribution in [0.15, 0.2) is 24.3 Å². The summed E-state index contributed by atoms with van der Waals surface area (Å²) in [5.74, 6) is -0.0738. The highest BCUT2D eigenvalue weighted by molar-refractivity contribution is 6.30. The predicted molar refractivity (Wildman–Crippen MR) is 94.1 cm³/mol. The Morgan fingerprint density at radius 2 is 2.00 bits per heavy atom. The van der Waals surface area contributed by atoms with Gasteiger partial charge in [0.2, 0.25) is 5.91 Å². The van der Waals surface area contributed by atoms with E-state index in [9.17, 15) is 9.59 Å². The third-order valence-corrected chi connectivity index (χ3v) is 5.11. The SMILES string of the molecule is O=C(NCC1CCCN1)C1CCCN(C(=O)c2ccc(Cl)cc2)C1. The standard InChI is InChI=1S/C18H24ClN3O2/c19-15-7-5-13(6-8-15)18(24)22-10-2-3-14(12-22)17(23)21-11-16-4-1-9-20-16/h5-8,14,16,20H,1-4,9-12H2,(H,21,23). The van der Waals surface area contributed by atoms with Gasteiger partial charge in [-0.15, -0.1) is 0 Å². The van der Waals surface area contributed by atoms with Crippen molar-refractivity contribution in [3.8, 4) is 0 Å². The molecule has 0 saturated carbocycles. The summed E-state index contributed by atoms with van der Waals surface area (Å²) in [4.78, 5) is 26.8. The minimum Gasteiger partial charge on any atom is -0.354 e. The van der Waals surface area contributed by atoms with Crippen LogP contribution in [0.25, 0.3) is 0 Å². The number of nitrogens with zero attached hydrogens (tertiary/aromatic N) is 1. The maximum absolute atomic E-state index is 12.6. The normalized spacial score (nSPS) is 24.0. The van der Waals surface area contributed by atoms with Crippen LogP contribution in [0.5, 0.6) is 0 Å². The van der Waals surface area contributed by atoms with Crippen LogP contribution in [0.1, 0.15) is 36.0 Å². The second kappa shape index (κ2) is 7.99. The number of rotatable bonds is 4. The lowest BCUT2D eigenvalue weighted by Crippen LogP contribution is -2.47. The number of carbonyl (C=O) groups is 2. The maximum Gasteiger partial charge on any atom is 0.253 e. The van der Waals surface area contributed by atoms with E-state index in [1.807, 2.05) is 0 Å². The first-order valence-corrected chi connectivity index (χ1v) is 9.07. The lowest BCUT2D eigenvalue weighted by molar-refractivity contribution is -0.126. The van der Waals surface area contributed by atoms with E-state index in [1.165, 1.54) is 6.42 Å². The summed E-state index contributed by atoms with van der Waals surface area (Å²) in [6.07, 6.45) is 3.99. The number of benzene rings is 1. The van der Waals surface area contributed by atoms with Crippen molar-refractivity contribution in [2.75, 3.05) is 26.2 Å². The molecule has 0 radical (unpaired) electrons. The molecule has 2 fully saturated rings. The molecule has 0 aromatic heterocycles. The molecule has 2 aliphatic rings. The van der Waals surface area contributed by atoms with Gasteiger partial charge in [-0.05, 0) is 56.5 Å². The minimum absolute atomic E-state index is 0.0263. The number of likely N-dealkylation sites (tertiary alicyclic amines) is 1. The molecule has 6 heteroatoms. The molecule has 2 unspecified atom stereocenters. The minimum atomic E-state index is -0.114. The van der Waals surface area contributed by atoms with Crippen molar-refractivity contribution in [3.05, 3.63) is 34.9 Å². The Morgan fingerprint density at radius 1 is 1.21 bits per heavy atom. The van der Waals surface area contributed by atoms with Gasteiger partial charge in [0.25, 0.3) is 5.91 Å². The number of amides is 2. The lowest BCUT2D eigenvalue weighted by atomic mass is 9.96. The molecule has 2 heterocycles. The van der Waals surface area contributed by atoms with Gasteiger partial charge in [-0.3, -0.25) is 9.59 Å². The Kier molecular flexibility index (Phi) is 5.74. The maximum atomic E-state index is 12.6. The molecule has 0 aliphatic carbocycles. The van der Waals surface area contributed by atoms with E-state index in [-0.39, 0.29) is 17.7 Å². The van der Waals surface area contributed by atoms with E-state index in [1.54, 1.807) is 29.2 Å². The average molecular weight is 350 g/mol. The van der Waals surface area contributed by atoms with Crippen LogP contribution in [-0.4, -0.2) is 48.9 Å². The number of hydrogen-bond donors (Lipinski definition) is 2. The number of halogens is 1. The third kappa shape index (κ3) is 4.28. The molecule has 1 aromatic carbocycles. The Balaban J connectivity index is 1.54. The van der Waals surface area contributed by atoms with Crippen molar-refractivity contribution in [1.82, 2.24) is 15.5 Å². The highest BCUT2D eigenvalue weighted by Crippen LogP contribution is 2.20. The van der Waals surface area contributed by atoms with Gasteiger partial charge < -0.3 is 15.5 Å². The van der Waals surface area contributed by atoms with Crippen LogP contribution in [0.2, 0.25) is 5.02 Å². The molecule has 24 heavy (non-hydrogen) atoms. The molecule has 5 nitrogen and oxygen atoms in total. The molecule has 130 valence electrons. The first kappa shape index (κ1) is 17.2. The van der Waals surface area contributed by atoms with Gasteiger partial charge in [-0.25, -0.2) is 0 Å². The van der Waals surface area contributed by atoms with Crippen molar-refractivity contribution in [3.63, 3.8) is 0 Å². The van der Waals surface area contributed by atoms with Crippen molar-refractivity contribution in [1.29, 1.82) is 0 Å². The zero-order valence-electron chi connectivity index (χ0n) is 13.8. The first-order chi connectivity index (χ1) is 11.6. The van der Waals surface area contributed by atoms with Gasteiger partial charge in [-0.2, -0.15) is 0 Å². The van der Waals surface area contributed by atoms with Gasteiger partial charge in [0.05, 0.1) is 5.92 Å². The summed E-state index contributed by atoms with van der Waals surface area (Å²) >= 11 is 5.87. The monoisotopic (exact) mass is 349 g/mol. The zero-order chi connectivity index (χ0) is 16.9. The van der Waals surface area contributed by atoms with Gasteiger partial charge in [0.1, 0.15) is 0 Å². The van der Waals surface area contributed by atoms with E-state index in [0.29, 0.717) is 36.3 Å². The average Bonchev–Trinajstić information content (AvgIpc) is 3.13. The number of piperidine rings is 1. The van der Waals surface area contributed by atoms with Gasteiger partial charge in [-0.1, -0.05) is 11.6 Å². The summed E-state index contributed by atoms with van der Waals surface area (Å²) in [5.41, 5.74) is 0.621. The Hall–Kier alpha value is -1.59. The van der Waals surface area contributed by atoms with Crippen molar-refractivity contribution < 1.29 is 9.59 Å². The van der Waals surface area contributed by atoms with Crippen LogP contribution in [0, 0.1) is 5.92 Å². The third-order valence-electron chi connectivity index (χ3n) is 4.86. The molecule has 0 bridgehead atoms. The summed E-state index contributed by atoms with van der Waals surface area (Å²) in [6.45, 7) is 2.91.